The van der Waals surface area contributed by atoms with Gasteiger partial charge in [-0.1, -0.05) is 19.9 Å². The van der Waals surface area contributed by atoms with Crippen molar-refractivity contribution in [1.82, 2.24) is 8.61 Å². The van der Waals surface area contributed by atoms with Crippen molar-refractivity contribution >= 4 is 20.0 Å². The van der Waals surface area contributed by atoms with Gasteiger partial charge in [-0.25, -0.2) is 16.8 Å². The van der Waals surface area contributed by atoms with Crippen LogP contribution in [0.2, 0.25) is 0 Å². The van der Waals surface area contributed by atoms with Crippen LogP contribution in [-0.4, -0.2) is 57.7 Å². The normalized spacial score (nSPS) is 18.2. The zero-order valence-electron chi connectivity index (χ0n) is 14.1. The fraction of sp³-hybridized carbons (Fsp3) is 0.600. The van der Waals surface area contributed by atoms with E-state index < -0.39 is 20.0 Å². The molecule has 1 aliphatic rings. The molecule has 1 aromatic carbocycles. The maximum Gasteiger partial charge on any atom is 0.243 e. The first-order chi connectivity index (χ1) is 11.2. The summed E-state index contributed by atoms with van der Waals surface area (Å²) in [4.78, 5) is 0.00666. The van der Waals surface area contributed by atoms with Crippen LogP contribution in [0.1, 0.15) is 26.7 Å². The molecule has 2 rings (SSSR count). The molecule has 0 radical (unpaired) electrons. The summed E-state index contributed by atoms with van der Waals surface area (Å²) in [6, 6.07) is 5.60. The van der Waals surface area contributed by atoms with Gasteiger partial charge in [0.1, 0.15) is 0 Å². The molecule has 2 N–H and O–H groups in total. The topological polar surface area (TPSA) is 101 Å². The Hall–Kier alpha value is -1.00. The molecule has 0 amide bonds. The second kappa shape index (κ2) is 7.49. The van der Waals surface area contributed by atoms with Crippen LogP contribution in [0, 0.1) is 0 Å². The molecule has 9 heteroatoms. The van der Waals surface area contributed by atoms with Gasteiger partial charge in [0.25, 0.3) is 0 Å². The van der Waals surface area contributed by atoms with E-state index >= 15 is 0 Å². The first-order valence-corrected chi connectivity index (χ1v) is 11.0. The highest BCUT2D eigenvalue weighted by atomic mass is 32.2. The number of piperidine rings is 1. The van der Waals surface area contributed by atoms with E-state index in [0.717, 1.165) is 0 Å². The summed E-state index contributed by atoms with van der Waals surface area (Å²) in [6.45, 7) is 4.88. The molecule has 0 unspecified atom stereocenters. The average molecular weight is 376 g/mol. The van der Waals surface area contributed by atoms with E-state index in [9.17, 15) is 16.8 Å². The molecule has 24 heavy (non-hydrogen) atoms. The Bertz CT molecular complexity index is 766. The van der Waals surface area contributed by atoms with Gasteiger partial charge in [0.15, 0.2) is 0 Å². The molecule has 1 fully saturated rings. The Morgan fingerprint density at radius 2 is 1.62 bits per heavy atom. The number of rotatable bonds is 6. The van der Waals surface area contributed by atoms with E-state index in [0.29, 0.717) is 39.0 Å². The van der Waals surface area contributed by atoms with Crippen molar-refractivity contribution in [2.75, 3.05) is 26.2 Å². The molecule has 0 saturated carbocycles. The molecule has 0 atom stereocenters. The summed E-state index contributed by atoms with van der Waals surface area (Å²) in [7, 11) is -7.41. The van der Waals surface area contributed by atoms with Gasteiger partial charge in [-0.15, -0.1) is 0 Å². The fourth-order valence-electron chi connectivity index (χ4n) is 2.77. The van der Waals surface area contributed by atoms with Crippen molar-refractivity contribution in [1.29, 1.82) is 0 Å². The van der Waals surface area contributed by atoms with Crippen molar-refractivity contribution < 1.29 is 16.8 Å². The average Bonchev–Trinajstić information content (AvgIpc) is 2.56. The summed E-state index contributed by atoms with van der Waals surface area (Å²) in [5.74, 6) is 0. The van der Waals surface area contributed by atoms with Gasteiger partial charge in [0.05, 0.1) is 9.79 Å². The van der Waals surface area contributed by atoms with Crippen molar-refractivity contribution in [3.63, 3.8) is 0 Å². The molecule has 0 aromatic heterocycles. The molecule has 1 aliphatic heterocycles. The summed E-state index contributed by atoms with van der Waals surface area (Å²) in [5, 5.41) is 0. The number of hydrogen-bond donors (Lipinski definition) is 1. The Morgan fingerprint density at radius 1 is 1.08 bits per heavy atom. The maximum atomic E-state index is 12.8. The minimum absolute atomic E-state index is 0.000913. The van der Waals surface area contributed by atoms with Crippen LogP contribution in [0.15, 0.2) is 34.1 Å². The third kappa shape index (κ3) is 3.80. The van der Waals surface area contributed by atoms with Crippen molar-refractivity contribution in [3.8, 4) is 0 Å². The summed E-state index contributed by atoms with van der Waals surface area (Å²) < 4.78 is 53.4. The van der Waals surface area contributed by atoms with Crippen LogP contribution in [0.3, 0.4) is 0 Å². The first kappa shape index (κ1) is 19.3. The summed E-state index contributed by atoms with van der Waals surface area (Å²) >= 11 is 0. The molecular formula is C15H25N3O4S2. The quantitative estimate of drug-likeness (QED) is 0.794. The summed E-state index contributed by atoms with van der Waals surface area (Å²) in [5.41, 5.74) is 5.82. The smallest absolute Gasteiger partial charge is 0.243 e. The number of nitrogens with zero attached hydrogens (tertiary/aromatic N) is 2. The lowest BCUT2D eigenvalue weighted by Gasteiger charge is -2.29. The Morgan fingerprint density at radius 3 is 2.17 bits per heavy atom. The zero-order valence-corrected chi connectivity index (χ0v) is 15.7. The number of benzene rings is 1. The van der Waals surface area contributed by atoms with Gasteiger partial charge in [-0.2, -0.15) is 8.61 Å². The third-order valence-electron chi connectivity index (χ3n) is 4.29. The lowest BCUT2D eigenvalue weighted by atomic mass is 10.1. The SMILES string of the molecule is CCN(CC)S(=O)(=O)c1cccc(S(=O)(=O)N2CCC(N)CC2)c1. The van der Waals surface area contributed by atoms with E-state index in [1.165, 1.54) is 32.9 Å². The number of hydrogen-bond acceptors (Lipinski definition) is 5. The van der Waals surface area contributed by atoms with Gasteiger partial charge in [0, 0.05) is 32.2 Å². The monoisotopic (exact) mass is 375 g/mol. The third-order valence-corrected chi connectivity index (χ3v) is 8.23. The molecule has 0 bridgehead atoms. The zero-order chi connectivity index (χ0) is 18.0. The van der Waals surface area contributed by atoms with Crippen LogP contribution in [0.4, 0.5) is 0 Å². The number of sulfonamides is 2. The minimum atomic E-state index is -3.71. The van der Waals surface area contributed by atoms with Crippen LogP contribution in [0.25, 0.3) is 0 Å². The molecule has 0 aliphatic carbocycles. The van der Waals surface area contributed by atoms with Crippen molar-refractivity contribution in [2.45, 2.75) is 42.5 Å². The molecule has 136 valence electrons. The van der Waals surface area contributed by atoms with Crippen LogP contribution in [0.5, 0.6) is 0 Å². The molecule has 7 nitrogen and oxygen atoms in total. The van der Waals surface area contributed by atoms with E-state index in [-0.39, 0.29) is 15.8 Å². The van der Waals surface area contributed by atoms with Gasteiger partial charge in [-0.05, 0) is 31.0 Å². The Labute approximate surface area is 144 Å². The second-order valence-corrected chi connectivity index (χ2v) is 9.68. The highest BCUT2D eigenvalue weighted by Gasteiger charge is 2.30. The van der Waals surface area contributed by atoms with Gasteiger partial charge >= 0.3 is 0 Å². The molecule has 1 aromatic rings. The molecule has 1 saturated heterocycles. The van der Waals surface area contributed by atoms with E-state index in [1.807, 2.05) is 0 Å². The highest BCUT2D eigenvalue weighted by molar-refractivity contribution is 7.90. The van der Waals surface area contributed by atoms with E-state index in [1.54, 1.807) is 13.8 Å². The largest absolute Gasteiger partial charge is 0.328 e. The highest BCUT2D eigenvalue weighted by Crippen LogP contribution is 2.24. The lowest BCUT2D eigenvalue weighted by Crippen LogP contribution is -2.42. The van der Waals surface area contributed by atoms with E-state index in [2.05, 4.69) is 0 Å². The summed E-state index contributed by atoms with van der Waals surface area (Å²) in [6.07, 6.45) is 1.22. The van der Waals surface area contributed by atoms with Crippen LogP contribution in [-0.2, 0) is 20.0 Å². The van der Waals surface area contributed by atoms with Crippen LogP contribution >= 0.6 is 0 Å². The maximum absolute atomic E-state index is 12.8. The van der Waals surface area contributed by atoms with Gasteiger partial charge < -0.3 is 5.73 Å². The van der Waals surface area contributed by atoms with Crippen molar-refractivity contribution in [3.05, 3.63) is 24.3 Å². The molecule has 0 spiro atoms. The van der Waals surface area contributed by atoms with E-state index in [4.69, 9.17) is 5.73 Å². The van der Waals surface area contributed by atoms with Crippen molar-refractivity contribution in [2.24, 2.45) is 5.73 Å². The van der Waals surface area contributed by atoms with Gasteiger partial charge in [-0.3, -0.25) is 0 Å². The molecule has 1 heterocycles. The standard InChI is InChI=1S/C15H25N3O4S2/c1-3-17(4-2)23(19,20)14-6-5-7-15(12-14)24(21,22)18-10-8-13(16)9-11-18/h5-7,12-13H,3-4,8-11,16H2,1-2H3. The first-order valence-electron chi connectivity index (χ1n) is 8.09. The van der Waals surface area contributed by atoms with Crippen LogP contribution < -0.4 is 5.73 Å². The van der Waals surface area contributed by atoms with Gasteiger partial charge in [0.2, 0.25) is 20.0 Å². The Kier molecular flexibility index (Phi) is 6.03. The fourth-order valence-corrected chi connectivity index (χ4v) is 5.87. The second-order valence-electron chi connectivity index (χ2n) is 5.81. The molecular weight excluding hydrogens is 350 g/mol. The Balaban J connectivity index is 2.37. The lowest BCUT2D eigenvalue weighted by molar-refractivity contribution is 0.320. The minimum Gasteiger partial charge on any atom is -0.328 e. The predicted molar refractivity (Wildman–Crippen MR) is 92.5 cm³/mol. The predicted octanol–water partition coefficient (Wildman–Crippen LogP) is 0.829. The number of nitrogens with two attached hydrogens (primary N) is 1.